The lowest BCUT2D eigenvalue weighted by Gasteiger charge is -1.90. The molecule has 0 radical (unpaired) electrons. The fourth-order valence-electron chi connectivity index (χ4n) is 0.637. The largest absolute Gasteiger partial charge is 0.107 e. The number of rotatable bonds is 0. The summed E-state index contributed by atoms with van der Waals surface area (Å²) < 4.78 is 0. The summed E-state index contributed by atoms with van der Waals surface area (Å²) in [6.45, 7) is 4.19. The molecule has 0 unspecified atom stereocenters. The van der Waals surface area contributed by atoms with Crippen molar-refractivity contribution in [3.05, 3.63) is 35.4 Å². The summed E-state index contributed by atoms with van der Waals surface area (Å²) in [4.78, 5) is 0. The molecule has 0 aliphatic rings. The van der Waals surface area contributed by atoms with Gasteiger partial charge in [-0.1, -0.05) is 35.4 Å². The second-order valence-electron chi connectivity index (χ2n) is 2.15. The first-order valence-corrected chi connectivity index (χ1v) is 2.82. The van der Waals surface area contributed by atoms with Crippen LogP contribution in [0.5, 0.6) is 0 Å². The average molecular weight is 234 g/mol. The zero-order valence-electron chi connectivity index (χ0n) is 5.72. The molecule has 0 spiro atoms. The van der Waals surface area contributed by atoms with Crippen molar-refractivity contribution in [2.24, 2.45) is 0 Å². The van der Waals surface area contributed by atoms with Crippen molar-refractivity contribution in [3.63, 3.8) is 0 Å². The Kier molecular flexibility index (Phi) is 3.86. The van der Waals surface area contributed by atoms with Crippen molar-refractivity contribution in [2.75, 3.05) is 0 Å². The predicted molar refractivity (Wildman–Crippen MR) is 51.3 cm³/mol. The molecule has 9 heavy (non-hydrogen) atoms. The van der Waals surface area contributed by atoms with Gasteiger partial charge in [-0.15, -0.1) is 24.0 Å². The fourth-order valence-corrected chi connectivity index (χ4v) is 0.637. The molecule has 50 valence electrons. The van der Waals surface area contributed by atoms with Crippen LogP contribution in [-0.4, -0.2) is 0 Å². The van der Waals surface area contributed by atoms with Gasteiger partial charge in [0.25, 0.3) is 0 Å². The lowest BCUT2D eigenvalue weighted by Crippen LogP contribution is -1.70. The van der Waals surface area contributed by atoms with Crippen LogP contribution < -0.4 is 0 Å². The molecule has 0 aliphatic carbocycles. The van der Waals surface area contributed by atoms with Crippen molar-refractivity contribution in [2.45, 2.75) is 13.8 Å². The minimum absolute atomic E-state index is 0. The molecular weight excluding hydrogens is 223 g/mol. The van der Waals surface area contributed by atoms with Gasteiger partial charge in [0.15, 0.2) is 0 Å². The van der Waals surface area contributed by atoms with Crippen LogP contribution in [0.2, 0.25) is 0 Å². The van der Waals surface area contributed by atoms with Crippen molar-refractivity contribution >= 4 is 24.0 Å². The van der Waals surface area contributed by atoms with Gasteiger partial charge in [0.2, 0.25) is 0 Å². The van der Waals surface area contributed by atoms with Crippen molar-refractivity contribution < 1.29 is 0 Å². The monoisotopic (exact) mass is 234 g/mol. The molecule has 0 aromatic heterocycles. The molecule has 0 nitrogen and oxygen atoms in total. The predicted octanol–water partition coefficient (Wildman–Crippen LogP) is 2.92. The molecule has 1 heteroatoms. The molecule has 0 saturated carbocycles. The summed E-state index contributed by atoms with van der Waals surface area (Å²) in [5, 5.41) is 0. The SMILES string of the molecule is Cc1ccc(C)cc1.I. The van der Waals surface area contributed by atoms with E-state index in [1.165, 1.54) is 11.1 Å². The molecule has 0 bridgehead atoms. The van der Waals surface area contributed by atoms with E-state index in [9.17, 15) is 0 Å². The number of hydrogen-bond donors (Lipinski definition) is 0. The van der Waals surface area contributed by atoms with Crippen LogP contribution in [0.4, 0.5) is 0 Å². The van der Waals surface area contributed by atoms with Crippen molar-refractivity contribution in [3.8, 4) is 0 Å². The van der Waals surface area contributed by atoms with E-state index in [2.05, 4.69) is 38.1 Å². The Morgan fingerprint density at radius 1 is 0.778 bits per heavy atom. The topological polar surface area (TPSA) is 0 Å². The third-order valence-corrected chi connectivity index (χ3v) is 1.22. The van der Waals surface area contributed by atoms with E-state index in [0.717, 1.165) is 0 Å². The summed E-state index contributed by atoms with van der Waals surface area (Å²) in [7, 11) is 0. The molecule has 1 rings (SSSR count). The van der Waals surface area contributed by atoms with Gasteiger partial charge in [-0.25, -0.2) is 0 Å². The highest BCUT2D eigenvalue weighted by Crippen LogP contribution is 1.99. The van der Waals surface area contributed by atoms with Gasteiger partial charge in [-0.2, -0.15) is 0 Å². The van der Waals surface area contributed by atoms with E-state index >= 15 is 0 Å². The Balaban J connectivity index is 0.000000640. The van der Waals surface area contributed by atoms with Gasteiger partial charge in [0.1, 0.15) is 0 Å². The Morgan fingerprint density at radius 3 is 1.22 bits per heavy atom. The Morgan fingerprint density at radius 2 is 1.00 bits per heavy atom. The normalized spacial score (nSPS) is 8.22. The third-order valence-electron chi connectivity index (χ3n) is 1.22. The van der Waals surface area contributed by atoms with Gasteiger partial charge in [0, 0.05) is 0 Å². The number of aryl methyl sites for hydroxylation is 2. The molecule has 0 saturated heterocycles. The fraction of sp³-hybridized carbons (Fsp3) is 0.250. The molecular formula is C8H11I. The summed E-state index contributed by atoms with van der Waals surface area (Å²) in [6.07, 6.45) is 0. The highest BCUT2D eigenvalue weighted by Gasteiger charge is 1.79. The highest BCUT2D eigenvalue weighted by molar-refractivity contribution is 14.0. The maximum absolute atomic E-state index is 2.12. The standard InChI is InChI=1S/C8H10.HI/c1-7-3-5-8(2)6-4-7;/h3-6H,1-2H3;1H. The third kappa shape index (κ3) is 2.84. The van der Waals surface area contributed by atoms with Gasteiger partial charge in [0.05, 0.1) is 0 Å². The van der Waals surface area contributed by atoms with Gasteiger partial charge in [-0.3, -0.25) is 0 Å². The number of benzene rings is 1. The quantitative estimate of drug-likeness (QED) is 0.605. The van der Waals surface area contributed by atoms with E-state index < -0.39 is 0 Å². The van der Waals surface area contributed by atoms with E-state index in [0.29, 0.717) is 0 Å². The van der Waals surface area contributed by atoms with E-state index in [1.807, 2.05) is 0 Å². The van der Waals surface area contributed by atoms with Crippen molar-refractivity contribution in [1.29, 1.82) is 0 Å². The zero-order chi connectivity index (χ0) is 5.98. The Labute approximate surface area is 73.3 Å². The maximum atomic E-state index is 2.12. The molecule has 0 atom stereocenters. The molecule has 1 aromatic rings. The summed E-state index contributed by atoms with van der Waals surface area (Å²) in [5.74, 6) is 0. The smallest absolute Gasteiger partial charge is 0.0398 e. The van der Waals surface area contributed by atoms with E-state index in [4.69, 9.17) is 0 Å². The molecule has 0 aliphatic heterocycles. The molecule has 0 N–H and O–H groups in total. The molecule has 1 aromatic carbocycles. The zero-order valence-corrected chi connectivity index (χ0v) is 8.05. The Bertz CT molecular complexity index is 143. The van der Waals surface area contributed by atoms with Gasteiger partial charge >= 0.3 is 0 Å². The minimum Gasteiger partial charge on any atom is -0.107 e. The lowest BCUT2D eigenvalue weighted by atomic mass is 10.2. The summed E-state index contributed by atoms with van der Waals surface area (Å²) in [6, 6.07) is 8.48. The first kappa shape index (κ1) is 8.95. The van der Waals surface area contributed by atoms with Crippen LogP contribution in [0.15, 0.2) is 24.3 Å². The highest BCUT2D eigenvalue weighted by atomic mass is 127. The van der Waals surface area contributed by atoms with E-state index in [-0.39, 0.29) is 24.0 Å². The number of halogens is 1. The summed E-state index contributed by atoms with van der Waals surface area (Å²) in [5.41, 5.74) is 2.66. The first-order chi connectivity index (χ1) is 3.79. The van der Waals surface area contributed by atoms with Crippen LogP contribution in [0.25, 0.3) is 0 Å². The number of hydrogen-bond acceptors (Lipinski definition) is 0. The van der Waals surface area contributed by atoms with Crippen LogP contribution in [0.3, 0.4) is 0 Å². The molecule has 0 amide bonds. The molecule has 0 heterocycles. The maximum Gasteiger partial charge on any atom is -0.0398 e. The first-order valence-electron chi connectivity index (χ1n) is 2.82. The van der Waals surface area contributed by atoms with Crippen LogP contribution in [0.1, 0.15) is 11.1 Å². The van der Waals surface area contributed by atoms with Crippen LogP contribution in [-0.2, 0) is 0 Å². The second-order valence-corrected chi connectivity index (χ2v) is 2.15. The minimum atomic E-state index is 0. The van der Waals surface area contributed by atoms with Crippen molar-refractivity contribution in [1.82, 2.24) is 0 Å². The van der Waals surface area contributed by atoms with Gasteiger partial charge in [-0.05, 0) is 13.8 Å². The van der Waals surface area contributed by atoms with Crippen LogP contribution >= 0.6 is 24.0 Å². The summed E-state index contributed by atoms with van der Waals surface area (Å²) >= 11 is 0. The van der Waals surface area contributed by atoms with Crippen LogP contribution in [0, 0.1) is 13.8 Å². The van der Waals surface area contributed by atoms with E-state index in [1.54, 1.807) is 0 Å². The average Bonchev–Trinajstić information content (AvgIpc) is 1.77. The van der Waals surface area contributed by atoms with Gasteiger partial charge < -0.3 is 0 Å². The Hall–Kier alpha value is -0.0500. The molecule has 0 fully saturated rings. The lowest BCUT2D eigenvalue weighted by molar-refractivity contribution is 1.40. The second kappa shape index (κ2) is 3.88.